The maximum Gasteiger partial charge on any atom is 0.232 e. The summed E-state index contributed by atoms with van der Waals surface area (Å²) < 4.78 is 31.8. The van der Waals surface area contributed by atoms with Gasteiger partial charge in [-0.1, -0.05) is 30.0 Å². The summed E-state index contributed by atoms with van der Waals surface area (Å²) in [5, 5.41) is 15.5. The van der Waals surface area contributed by atoms with Crippen LogP contribution in [0.5, 0.6) is 0 Å². The van der Waals surface area contributed by atoms with E-state index in [-0.39, 0.29) is 12.0 Å². The predicted molar refractivity (Wildman–Crippen MR) is 125 cm³/mol. The monoisotopic (exact) mass is 473 g/mol. The lowest BCUT2D eigenvalue weighted by Gasteiger charge is -2.49. The third-order valence-electron chi connectivity index (χ3n) is 6.31. The second-order valence-corrected chi connectivity index (χ2v) is 8.52. The Morgan fingerprint density at radius 1 is 1.06 bits per heavy atom. The number of hydrogen-bond acceptors (Lipinski definition) is 5. The molecule has 2 aromatic carbocycles. The van der Waals surface area contributed by atoms with Crippen LogP contribution in [0.4, 0.5) is 14.5 Å². The lowest BCUT2D eigenvalue weighted by molar-refractivity contribution is -0.141. The maximum atomic E-state index is 15.1. The highest BCUT2D eigenvalue weighted by molar-refractivity contribution is 5.95. The Bertz CT molecular complexity index is 1470. The van der Waals surface area contributed by atoms with Crippen LogP contribution in [-0.4, -0.2) is 43.9 Å². The smallest absolute Gasteiger partial charge is 0.232 e. The summed E-state index contributed by atoms with van der Waals surface area (Å²) in [4.78, 5) is 19.5. The van der Waals surface area contributed by atoms with E-state index in [1.165, 1.54) is 4.90 Å². The lowest BCUT2D eigenvalue weighted by atomic mass is 9.88. The highest BCUT2D eigenvalue weighted by Gasteiger charge is 2.48. The fourth-order valence-corrected chi connectivity index (χ4v) is 4.21. The van der Waals surface area contributed by atoms with Crippen molar-refractivity contribution in [3.63, 3.8) is 0 Å². The van der Waals surface area contributed by atoms with Crippen LogP contribution in [-0.2, 0) is 10.3 Å². The topological polar surface area (TPSA) is 74.0 Å². The second kappa shape index (κ2) is 8.58. The molecule has 2 unspecified atom stereocenters. The van der Waals surface area contributed by atoms with Crippen LogP contribution in [0.2, 0.25) is 0 Å². The summed E-state index contributed by atoms with van der Waals surface area (Å²) in [6.45, 7) is 1.74. The molecule has 0 saturated carbocycles. The van der Waals surface area contributed by atoms with Crippen LogP contribution in [0.25, 0.3) is 5.65 Å². The Kier molecular flexibility index (Phi) is 5.55. The zero-order chi connectivity index (χ0) is 24.7. The fourth-order valence-electron chi connectivity index (χ4n) is 4.21. The van der Waals surface area contributed by atoms with Gasteiger partial charge in [0.25, 0.3) is 0 Å². The minimum absolute atomic E-state index is 0.113. The number of aliphatic hydroxyl groups excluding tert-OH is 1. The van der Waals surface area contributed by atoms with Crippen LogP contribution in [0, 0.1) is 23.5 Å². The number of amides is 1. The highest BCUT2D eigenvalue weighted by Crippen LogP contribution is 2.39. The van der Waals surface area contributed by atoms with Crippen molar-refractivity contribution in [1.29, 1.82) is 0 Å². The molecule has 1 amide bonds. The van der Waals surface area contributed by atoms with Gasteiger partial charge in [-0.05, 0) is 50.4 Å². The number of halogens is 2. The van der Waals surface area contributed by atoms with E-state index in [0.717, 1.165) is 17.0 Å². The van der Waals surface area contributed by atoms with E-state index in [0.29, 0.717) is 16.9 Å². The van der Waals surface area contributed by atoms with Gasteiger partial charge in [-0.15, -0.1) is 0 Å². The van der Waals surface area contributed by atoms with E-state index >= 15 is 8.78 Å². The van der Waals surface area contributed by atoms with Crippen LogP contribution >= 0.6 is 0 Å². The molecule has 1 N–H and O–H groups in total. The summed E-state index contributed by atoms with van der Waals surface area (Å²) in [6.07, 6.45) is 1.47. The Morgan fingerprint density at radius 2 is 1.74 bits per heavy atom. The minimum Gasteiger partial charge on any atom is -0.360 e. The van der Waals surface area contributed by atoms with Gasteiger partial charge in [-0.3, -0.25) is 14.6 Å². The number of imidazole rings is 1. The van der Waals surface area contributed by atoms with Crippen molar-refractivity contribution in [2.75, 3.05) is 11.9 Å². The first-order chi connectivity index (χ1) is 16.8. The molecule has 2 aromatic heterocycles. The van der Waals surface area contributed by atoms with Crippen LogP contribution in [0.15, 0.2) is 67.0 Å². The SMILES string of the molecule is CN1C(O)N(c2c(F)cc(C#Cc3ccccc3)cc2F)C(=O)CC1(C)c1ccc2nccn2n1. The van der Waals surface area contributed by atoms with Crippen LogP contribution in [0.1, 0.15) is 30.2 Å². The Morgan fingerprint density at radius 3 is 2.46 bits per heavy atom. The Balaban J connectivity index is 1.47. The molecule has 35 heavy (non-hydrogen) atoms. The number of fused-ring (bicyclic) bond motifs is 1. The number of anilines is 1. The average Bonchev–Trinajstić information content (AvgIpc) is 3.32. The van der Waals surface area contributed by atoms with E-state index in [1.807, 2.05) is 18.2 Å². The van der Waals surface area contributed by atoms with Crippen molar-refractivity contribution in [1.82, 2.24) is 19.5 Å². The first-order valence-electron chi connectivity index (χ1n) is 10.9. The van der Waals surface area contributed by atoms with Gasteiger partial charge in [0.1, 0.15) is 5.69 Å². The molecule has 2 atom stereocenters. The molecule has 176 valence electrons. The van der Waals surface area contributed by atoms with Gasteiger partial charge in [-0.25, -0.2) is 18.3 Å². The number of nitrogens with zero attached hydrogens (tertiary/aromatic N) is 5. The van der Waals surface area contributed by atoms with Gasteiger partial charge >= 0.3 is 0 Å². The lowest BCUT2D eigenvalue weighted by Crippen LogP contribution is -2.63. The molecular weight excluding hydrogens is 452 g/mol. The van der Waals surface area contributed by atoms with Crippen LogP contribution in [0.3, 0.4) is 0 Å². The molecule has 3 heterocycles. The van der Waals surface area contributed by atoms with Crippen molar-refractivity contribution in [2.45, 2.75) is 25.2 Å². The molecular formula is C26H21F2N5O2. The van der Waals surface area contributed by atoms with E-state index in [9.17, 15) is 9.90 Å². The number of rotatable bonds is 2. The van der Waals surface area contributed by atoms with Gasteiger partial charge in [-0.2, -0.15) is 5.10 Å². The van der Waals surface area contributed by atoms with Gasteiger partial charge in [0.05, 0.1) is 17.7 Å². The highest BCUT2D eigenvalue weighted by atomic mass is 19.1. The number of aliphatic hydroxyl groups is 1. The molecule has 1 aliphatic heterocycles. The molecule has 4 aromatic rings. The second-order valence-electron chi connectivity index (χ2n) is 8.52. The van der Waals surface area contributed by atoms with Crippen molar-refractivity contribution < 1.29 is 18.7 Å². The molecule has 1 aliphatic rings. The predicted octanol–water partition coefficient (Wildman–Crippen LogP) is 3.27. The summed E-state index contributed by atoms with van der Waals surface area (Å²) in [6, 6.07) is 14.6. The summed E-state index contributed by atoms with van der Waals surface area (Å²) in [5.74, 6) is 2.93. The minimum atomic E-state index is -1.63. The molecule has 5 rings (SSSR count). The molecule has 0 spiro atoms. The van der Waals surface area contributed by atoms with Gasteiger partial charge < -0.3 is 5.11 Å². The average molecular weight is 473 g/mol. The third kappa shape index (κ3) is 3.93. The van der Waals surface area contributed by atoms with Gasteiger partial charge in [0.15, 0.2) is 23.6 Å². The van der Waals surface area contributed by atoms with Crippen molar-refractivity contribution in [3.05, 3.63) is 95.4 Å². The molecule has 1 saturated heterocycles. The summed E-state index contributed by atoms with van der Waals surface area (Å²) in [7, 11) is 1.57. The van der Waals surface area contributed by atoms with Crippen molar-refractivity contribution in [2.24, 2.45) is 0 Å². The standard InChI is InChI=1S/C26H21F2N5O2/c1-26(21-10-11-22-29-12-13-32(22)30-21)16-23(34)33(25(35)31(26)2)24-19(27)14-18(15-20(24)28)9-8-17-6-4-3-5-7-17/h3-7,10-15,25,35H,16H2,1-2H3. The first-order valence-corrected chi connectivity index (χ1v) is 10.9. The van der Waals surface area contributed by atoms with Gasteiger partial charge in [0.2, 0.25) is 5.91 Å². The molecule has 9 heteroatoms. The number of benzene rings is 2. The largest absolute Gasteiger partial charge is 0.360 e. The van der Waals surface area contributed by atoms with Gasteiger partial charge in [0, 0.05) is 23.5 Å². The number of carbonyl (C=O) groups is 1. The maximum absolute atomic E-state index is 15.1. The molecule has 0 aliphatic carbocycles. The molecule has 0 bridgehead atoms. The van der Waals surface area contributed by atoms with E-state index in [1.54, 1.807) is 55.1 Å². The zero-order valence-corrected chi connectivity index (χ0v) is 19.0. The summed E-state index contributed by atoms with van der Waals surface area (Å²) in [5.41, 5.74) is 0.290. The first kappa shape index (κ1) is 22.7. The third-order valence-corrected chi connectivity index (χ3v) is 6.31. The zero-order valence-electron chi connectivity index (χ0n) is 19.0. The quantitative estimate of drug-likeness (QED) is 0.453. The molecule has 1 fully saturated rings. The number of hydrogen-bond donors (Lipinski definition) is 1. The molecule has 7 nitrogen and oxygen atoms in total. The van der Waals surface area contributed by atoms with Crippen molar-refractivity contribution in [3.8, 4) is 11.8 Å². The van der Waals surface area contributed by atoms with E-state index < -0.39 is 35.1 Å². The van der Waals surface area contributed by atoms with E-state index in [2.05, 4.69) is 21.9 Å². The number of carbonyl (C=O) groups excluding carboxylic acids is 1. The Hall–Kier alpha value is -4.13. The van der Waals surface area contributed by atoms with Crippen LogP contribution < -0.4 is 4.90 Å². The van der Waals surface area contributed by atoms with E-state index in [4.69, 9.17) is 0 Å². The number of aromatic nitrogens is 3. The molecule has 0 radical (unpaired) electrons. The normalized spacial score (nSPS) is 20.7. The Labute approximate surface area is 200 Å². The summed E-state index contributed by atoms with van der Waals surface area (Å²) >= 11 is 0. The van der Waals surface area contributed by atoms with Crippen molar-refractivity contribution >= 4 is 17.2 Å². The fraction of sp³-hybridized carbons (Fsp3) is 0.192.